The number of benzene rings is 5. The molecule has 0 aliphatic heterocycles. The van der Waals surface area contributed by atoms with Gasteiger partial charge in [0.15, 0.2) is 0 Å². The van der Waals surface area contributed by atoms with Crippen LogP contribution in [0.2, 0.25) is 0 Å². The van der Waals surface area contributed by atoms with Crippen molar-refractivity contribution in [2.24, 2.45) is 0 Å². The summed E-state index contributed by atoms with van der Waals surface area (Å²) in [5.41, 5.74) is 12.0. The van der Waals surface area contributed by atoms with Crippen molar-refractivity contribution >= 4 is 34.1 Å². The lowest BCUT2D eigenvalue weighted by Crippen LogP contribution is -2.17. The van der Waals surface area contributed by atoms with E-state index >= 15 is 0 Å². The highest BCUT2D eigenvalue weighted by molar-refractivity contribution is 5.91. The molecule has 5 aromatic rings. The summed E-state index contributed by atoms with van der Waals surface area (Å²) < 4.78 is 0. The Labute approximate surface area is 240 Å². The first-order valence-corrected chi connectivity index (χ1v) is 14.3. The van der Waals surface area contributed by atoms with E-state index in [1.807, 2.05) is 0 Å². The highest BCUT2D eigenvalue weighted by Crippen LogP contribution is 2.46. The highest BCUT2D eigenvalue weighted by Gasteiger charge is 2.22. The third-order valence-corrected chi connectivity index (χ3v) is 7.52. The zero-order valence-electron chi connectivity index (χ0n) is 24.6. The molecule has 0 heterocycles. The van der Waals surface area contributed by atoms with Gasteiger partial charge in [-0.15, -0.1) is 0 Å². The van der Waals surface area contributed by atoms with Crippen LogP contribution in [-0.4, -0.2) is 0 Å². The molecule has 40 heavy (non-hydrogen) atoms. The highest BCUT2D eigenvalue weighted by atomic mass is 15.2. The number of anilines is 6. The Balaban J connectivity index is 1.73. The van der Waals surface area contributed by atoms with Crippen molar-refractivity contribution in [3.63, 3.8) is 0 Å². The summed E-state index contributed by atoms with van der Waals surface area (Å²) in [7, 11) is 0. The summed E-state index contributed by atoms with van der Waals surface area (Å²) in [6.45, 7) is 13.3. The van der Waals surface area contributed by atoms with Gasteiger partial charge in [0.2, 0.25) is 0 Å². The zero-order valence-corrected chi connectivity index (χ0v) is 24.6. The molecule has 0 N–H and O–H groups in total. The molecule has 0 aliphatic rings. The number of nitrogens with zero attached hydrogens (tertiary/aromatic N) is 2. The second-order valence-corrected chi connectivity index (χ2v) is 11.3. The molecular weight excluding hydrogens is 484 g/mol. The van der Waals surface area contributed by atoms with Crippen LogP contribution in [0, 0.1) is 13.8 Å². The van der Waals surface area contributed by atoms with E-state index in [4.69, 9.17) is 0 Å². The number of para-hydroxylation sites is 2. The second kappa shape index (κ2) is 11.8. The zero-order chi connectivity index (χ0) is 28.2. The van der Waals surface area contributed by atoms with E-state index in [1.165, 1.54) is 22.3 Å². The van der Waals surface area contributed by atoms with Crippen molar-refractivity contribution in [3.05, 3.63) is 144 Å². The first-order chi connectivity index (χ1) is 19.3. The van der Waals surface area contributed by atoms with E-state index in [2.05, 4.69) is 173 Å². The third-order valence-electron chi connectivity index (χ3n) is 7.52. The number of hydrogen-bond acceptors (Lipinski definition) is 2. The monoisotopic (exact) mass is 524 g/mol. The molecule has 0 bridgehead atoms. The normalized spacial score (nSPS) is 11.2. The summed E-state index contributed by atoms with van der Waals surface area (Å²) >= 11 is 0. The maximum Gasteiger partial charge on any atom is 0.0702 e. The van der Waals surface area contributed by atoms with E-state index in [0.29, 0.717) is 11.8 Å². The predicted octanol–water partition coefficient (Wildman–Crippen LogP) is 11.5. The summed E-state index contributed by atoms with van der Waals surface area (Å²) in [5.74, 6) is 0.971. The van der Waals surface area contributed by atoms with Crippen LogP contribution in [0.25, 0.3) is 0 Å². The first-order valence-electron chi connectivity index (χ1n) is 14.3. The molecule has 0 aromatic heterocycles. The number of hydrogen-bond donors (Lipinski definition) is 0. The molecule has 0 aliphatic carbocycles. The standard InChI is InChI=1S/C38H40N2/c1-27(2)31-17-21-33(22-18-31)39(35-13-9-11-29(5)25-35)37-15-7-8-16-38(37)40(36-14-10-12-30(6)26-36)34-23-19-32(20-24-34)28(3)4/h7-28H,1-6H3. The lowest BCUT2D eigenvalue weighted by atomic mass is 10.0. The minimum absolute atomic E-state index is 0.486. The Bertz CT molecular complexity index is 1440. The van der Waals surface area contributed by atoms with Crippen molar-refractivity contribution in [2.45, 2.75) is 53.4 Å². The van der Waals surface area contributed by atoms with Crippen molar-refractivity contribution in [1.29, 1.82) is 0 Å². The van der Waals surface area contributed by atoms with Gasteiger partial charge < -0.3 is 9.80 Å². The van der Waals surface area contributed by atoms with Gasteiger partial charge in [-0.3, -0.25) is 0 Å². The second-order valence-electron chi connectivity index (χ2n) is 11.3. The minimum atomic E-state index is 0.486. The summed E-state index contributed by atoms with van der Waals surface area (Å²) in [4.78, 5) is 4.77. The SMILES string of the molecule is Cc1cccc(N(c2ccc(C(C)C)cc2)c2ccccc2N(c2ccc(C(C)C)cc2)c2cccc(C)c2)c1. The van der Waals surface area contributed by atoms with E-state index < -0.39 is 0 Å². The average Bonchev–Trinajstić information content (AvgIpc) is 2.95. The fourth-order valence-corrected chi connectivity index (χ4v) is 5.25. The number of aryl methyl sites for hydroxylation is 2. The van der Waals surface area contributed by atoms with Crippen LogP contribution >= 0.6 is 0 Å². The summed E-state index contributed by atoms with van der Waals surface area (Å²) in [6.07, 6.45) is 0. The van der Waals surface area contributed by atoms with Gasteiger partial charge in [0, 0.05) is 22.7 Å². The Hall–Kier alpha value is -4.30. The van der Waals surface area contributed by atoms with Gasteiger partial charge in [-0.25, -0.2) is 0 Å². The van der Waals surface area contributed by atoms with E-state index in [9.17, 15) is 0 Å². The molecule has 0 saturated heterocycles. The maximum atomic E-state index is 2.39. The molecule has 202 valence electrons. The van der Waals surface area contributed by atoms with E-state index in [-0.39, 0.29) is 0 Å². The molecule has 0 radical (unpaired) electrons. The Kier molecular flexibility index (Phi) is 8.07. The van der Waals surface area contributed by atoms with Crippen LogP contribution in [0.1, 0.15) is 61.8 Å². The van der Waals surface area contributed by atoms with Crippen molar-refractivity contribution in [2.75, 3.05) is 9.80 Å². The van der Waals surface area contributed by atoms with Crippen LogP contribution < -0.4 is 9.80 Å². The molecule has 0 spiro atoms. The van der Waals surface area contributed by atoms with E-state index in [0.717, 1.165) is 34.1 Å². The Morgan fingerprint density at radius 3 is 1.10 bits per heavy atom. The molecule has 0 unspecified atom stereocenters. The van der Waals surface area contributed by atoms with Crippen molar-refractivity contribution in [1.82, 2.24) is 0 Å². The average molecular weight is 525 g/mol. The van der Waals surface area contributed by atoms with E-state index in [1.54, 1.807) is 0 Å². The fourth-order valence-electron chi connectivity index (χ4n) is 5.25. The van der Waals surface area contributed by atoms with Gasteiger partial charge >= 0.3 is 0 Å². The van der Waals surface area contributed by atoms with Gasteiger partial charge in [0.1, 0.15) is 0 Å². The van der Waals surface area contributed by atoms with Crippen LogP contribution in [-0.2, 0) is 0 Å². The van der Waals surface area contributed by atoms with Crippen LogP contribution in [0.15, 0.2) is 121 Å². The predicted molar refractivity (Wildman–Crippen MR) is 173 cm³/mol. The quantitative estimate of drug-likeness (QED) is 0.199. The Morgan fingerprint density at radius 1 is 0.400 bits per heavy atom. The summed E-state index contributed by atoms with van der Waals surface area (Å²) in [5, 5.41) is 0. The molecule has 2 nitrogen and oxygen atoms in total. The molecule has 0 atom stereocenters. The molecule has 5 rings (SSSR count). The van der Waals surface area contributed by atoms with Gasteiger partial charge in [-0.05, 0) is 109 Å². The van der Waals surface area contributed by atoms with Crippen LogP contribution in [0.3, 0.4) is 0 Å². The lowest BCUT2D eigenvalue weighted by Gasteiger charge is -2.33. The maximum absolute atomic E-state index is 2.39. The van der Waals surface area contributed by atoms with Gasteiger partial charge in [0.25, 0.3) is 0 Å². The molecule has 2 heteroatoms. The smallest absolute Gasteiger partial charge is 0.0702 e. The number of rotatable bonds is 8. The third kappa shape index (κ3) is 5.82. The van der Waals surface area contributed by atoms with Gasteiger partial charge in [-0.1, -0.05) is 88.4 Å². The van der Waals surface area contributed by atoms with Gasteiger partial charge in [-0.2, -0.15) is 0 Å². The lowest BCUT2D eigenvalue weighted by molar-refractivity contribution is 0.866. The first kappa shape index (κ1) is 27.3. The molecule has 0 saturated carbocycles. The molecule has 0 fully saturated rings. The van der Waals surface area contributed by atoms with Crippen molar-refractivity contribution in [3.8, 4) is 0 Å². The fraction of sp³-hybridized carbons (Fsp3) is 0.211. The largest absolute Gasteiger partial charge is 0.308 e. The molecular formula is C38H40N2. The minimum Gasteiger partial charge on any atom is -0.308 e. The molecule has 0 amide bonds. The Morgan fingerprint density at radius 2 is 0.775 bits per heavy atom. The summed E-state index contributed by atoms with van der Waals surface area (Å²) in [6, 6.07) is 44.3. The topological polar surface area (TPSA) is 6.48 Å². The van der Waals surface area contributed by atoms with Crippen LogP contribution in [0.4, 0.5) is 34.1 Å². The van der Waals surface area contributed by atoms with Crippen molar-refractivity contribution < 1.29 is 0 Å². The van der Waals surface area contributed by atoms with Crippen LogP contribution in [0.5, 0.6) is 0 Å². The van der Waals surface area contributed by atoms with Gasteiger partial charge in [0.05, 0.1) is 11.4 Å². The molecule has 5 aromatic carbocycles.